The first kappa shape index (κ1) is 15.8. The van der Waals surface area contributed by atoms with Crippen molar-refractivity contribution < 1.29 is 8.42 Å². The zero-order valence-electron chi connectivity index (χ0n) is 12.6. The lowest BCUT2D eigenvalue weighted by molar-refractivity contribution is 0.606. The molecule has 0 saturated carbocycles. The number of rotatable bonds is 3. The Bertz CT molecular complexity index is 1030. The quantitative estimate of drug-likeness (QED) is 0.788. The normalized spacial score (nSPS) is 12.5. The topological polar surface area (TPSA) is 82.9 Å². The molecule has 0 fully saturated rings. The molecule has 0 saturated heterocycles. The summed E-state index contributed by atoms with van der Waals surface area (Å²) >= 11 is 6.02. The molecular formula is C15H15ClN4O2S. The fourth-order valence-corrected chi connectivity index (χ4v) is 3.11. The molecule has 2 heterocycles. The van der Waals surface area contributed by atoms with Crippen LogP contribution < -0.4 is 5.14 Å². The average Bonchev–Trinajstić information content (AvgIpc) is 2.95. The number of halogens is 1. The molecule has 0 aliphatic rings. The van der Waals surface area contributed by atoms with Gasteiger partial charge >= 0.3 is 0 Å². The van der Waals surface area contributed by atoms with E-state index in [0.717, 1.165) is 22.1 Å². The summed E-state index contributed by atoms with van der Waals surface area (Å²) in [4.78, 5) is 0. The number of nitrogens with zero attached hydrogens (tertiary/aromatic N) is 3. The molecule has 2 aromatic heterocycles. The second-order valence-electron chi connectivity index (χ2n) is 5.23. The molecule has 0 aliphatic heterocycles. The monoisotopic (exact) mass is 350 g/mol. The van der Waals surface area contributed by atoms with Gasteiger partial charge in [0.25, 0.3) is 0 Å². The smallest absolute Gasteiger partial charge is 0.231 e. The maximum atomic E-state index is 11.2. The molecule has 8 heteroatoms. The lowest BCUT2D eigenvalue weighted by Crippen LogP contribution is -2.07. The highest BCUT2D eigenvalue weighted by molar-refractivity contribution is 7.92. The van der Waals surface area contributed by atoms with Crippen LogP contribution in [-0.4, -0.2) is 22.8 Å². The van der Waals surface area contributed by atoms with Crippen LogP contribution in [0.1, 0.15) is 11.3 Å². The van der Waals surface area contributed by atoms with E-state index >= 15 is 0 Å². The first-order valence-electron chi connectivity index (χ1n) is 6.78. The highest BCUT2D eigenvalue weighted by atomic mass is 35.5. The molecule has 0 unspecified atom stereocenters. The summed E-state index contributed by atoms with van der Waals surface area (Å²) in [5, 5.41) is 12.0. The van der Waals surface area contributed by atoms with E-state index < -0.39 is 10.0 Å². The van der Waals surface area contributed by atoms with E-state index in [-0.39, 0.29) is 0 Å². The number of hydrogen-bond acceptors (Lipinski definition) is 3. The summed E-state index contributed by atoms with van der Waals surface area (Å²) in [6, 6.07) is 7.53. The van der Waals surface area contributed by atoms with Crippen LogP contribution in [0, 0.1) is 6.92 Å². The van der Waals surface area contributed by atoms with Crippen molar-refractivity contribution in [2.45, 2.75) is 6.92 Å². The van der Waals surface area contributed by atoms with Crippen molar-refractivity contribution in [1.82, 2.24) is 14.3 Å². The maximum Gasteiger partial charge on any atom is 0.231 e. The van der Waals surface area contributed by atoms with Gasteiger partial charge in [-0.25, -0.2) is 13.6 Å². The van der Waals surface area contributed by atoms with Crippen molar-refractivity contribution in [1.29, 1.82) is 0 Å². The Kier molecular flexibility index (Phi) is 3.79. The van der Waals surface area contributed by atoms with Gasteiger partial charge in [0, 0.05) is 34.6 Å². The molecule has 0 spiro atoms. The second-order valence-corrected chi connectivity index (χ2v) is 7.11. The number of sulfonamides is 1. The van der Waals surface area contributed by atoms with Crippen LogP contribution in [-0.2, 0) is 17.1 Å². The minimum absolute atomic E-state index is 0.658. The number of hydrogen-bond donors (Lipinski definition) is 1. The molecule has 0 bridgehead atoms. The molecule has 0 atom stereocenters. The Hall–Kier alpha value is -2.09. The molecule has 3 rings (SSSR count). The molecule has 6 nitrogen and oxygen atoms in total. The third kappa shape index (κ3) is 3.03. The minimum Gasteiger partial charge on any atom is -0.301 e. The predicted octanol–water partition coefficient (Wildman–Crippen LogP) is 2.59. The highest BCUT2D eigenvalue weighted by Crippen LogP contribution is 2.27. The number of benzene rings is 1. The fraction of sp³-hybridized carbons (Fsp3) is 0.133. The van der Waals surface area contributed by atoms with Crippen LogP contribution in [0.5, 0.6) is 0 Å². The third-order valence-electron chi connectivity index (χ3n) is 3.54. The lowest BCUT2D eigenvalue weighted by Gasteiger charge is -2.08. The van der Waals surface area contributed by atoms with E-state index in [4.69, 9.17) is 16.7 Å². The third-order valence-corrected chi connectivity index (χ3v) is 4.29. The van der Waals surface area contributed by atoms with Gasteiger partial charge < -0.3 is 4.57 Å². The van der Waals surface area contributed by atoms with Crippen LogP contribution in [0.3, 0.4) is 0 Å². The summed E-state index contributed by atoms with van der Waals surface area (Å²) in [6.45, 7) is 1.81. The predicted molar refractivity (Wildman–Crippen MR) is 91.9 cm³/mol. The number of primary sulfonamides is 1. The van der Waals surface area contributed by atoms with Crippen LogP contribution in [0.4, 0.5) is 0 Å². The molecule has 2 N–H and O–H groups in total. The molecule has 120 valence electrons. The standard InChI is InChI=1S/C15H15ClN4O2S/c1-10-13(6-8-23(17,21)22)15(19(2)18-10)20-7-5-11-9-12(16)3-4-14(11)20/h3-9H,1-2H3,(H2,17,21,22). The van der Waals surface area contributed by atoms with Crippen LogP contribution in [0.2, 0.25) is 5.02 Å². The number of aryl methyl sites for hydroxylation is 2. The van der Waals surface area contributed by atoms with Gasteiger partial charge in [-0.2, -0.15) is 5.10 Å². The number of nitrogens with two attached hydrogens (primary N) is 1. The van der Waals surface area contributed by atoms with Crippen molar-refractivity contribution >= 4 is 38.6 Å². The molecule has 3 aromatic rings. The Morgan fingerprint density at radius 2 is 2.04 bits per heavy atom. The van der Waals surface area contributed by atoms with Crippen LogP contribution in [0.25, 0.3) is 22.8 Å². The van der Waals surface area contributed by atoms with Gasteiger partial charge in [0.2, 0.25) is 10.0 Å². The van der Waals surface area contributed by atoms with Gasteiger partial charge in [0.1, 0.15) is 5.82 Å². The number of fused-ring (bicyclic) bond motifs is 1. The van der Waals surface area contributed by atoms with Crippen LogP contribution in [0.15, 0.2) is 35.9 Å². The SMILES string of the molecule is Cc1nn(C)c(-n2ccc3cc(Cl)ccc32)c1C=CS(N)(=O)=O. The molecule has 23 heavy (non-hydrogen) atoms. The Morgan fingerprint density at radius 1 is 1.30 bits per heavy atom. The van der Waals surface area contributed by atoms with E-state index in [0.29, 0.717) is 16.3 Å². The van der Waals surface area contributed by atoms with Gasteiger partial charge in [-0.1, -0.05) is 11.6 Å². The van der Waals surface area contributed by atoms with Crippen molar-refractivity contribution in [3.8, 4) is 5.82 Å². The molecule has 0 radical (unpaired) electrons. The Labute approximate surface area is 138 Å². The molecule has 0 amide bonds. The summed E-state index contributed by atoms with van der Waals surface area (Å²) in [6.07, 6.45) is 3.36. The minimum atomic E-state index is -3.71. The molecule has 1 aromatic carbocycles. The van der Waals surface area contributed by atoms with Gasteiger partial charge in [-0.3, -0.25) is 4.68 Å². The van der Waals surface area contributed by atoms with E-state index in [1.165, 1.54) is 6.08 Å². The molecular weight excluding hydrogens is 336 g/mol. The van der Waals surface area contributed by atoms with Gasteiger partial charge in [0.05, 0.1) is 11.2 Å². The molecule has 0 aliphatic carbocycles. The summed E-state index contributed by atoms with van der Waals surface area (Å²) in [5.74, 6) is 0.750. The van der Waals surface area contributed by atoms with Crippen LogP contribution >= 0.6 is 11.6 Å². The summed E-state index contributed by atoms with van der Waals surface area (Å²) in [5.41, 5.74) is 2.34. The second kappa shape index (κ2) is 5.52. The average molecular weight is 351 g/mol. The van der Waals surface area contributed by atoms with E-state index in [1.54, 1.807) is 11.7 Å². The lowest BCUT2D eigenvalue weighted by atomic mass is 10.2. The maximum absolute atomic E-state index is 11.2. The van der Waals surface area contributed by atoms with E-state index in [9.17, 15) is 8.42 Å². The number of aromatic nitrogens is 3. The van der Waals surface area contributed by atoms with Crippen molar-refractivity contribution in [3.63, 3.8) is 0 Å². The Balaban J connectivity index is 2.25. The summed E-state index contributed by atoms with van der Waals surface area (Å²) < 4.78 is 26.1. The van der Waals surface area contributed by atoms with Crippen molar-refractivity contribution in [2.24, 2.45) is 12.2 Å². The largest absolute Gasteiger partial charge is 0.301 e. The van der Waals surface area contributed by atoms with E-state index in [1.807, 2.05) is 42.0 Å². The van der Waals surface area contributed by atoms with Gasteiger partial charge in [-0.05, 0) is 37.3 Å². The van der Waals surface area contributed by atoms with Crippen molar-refractivity contribution in [2.75, 3.05) is 0 Å². The fourth-order valence-electron chi connectivity index (χ4n) is 2.60. The first-order valence-corrected chi connectivity index (χ1v) is 8.76. The Morgan fingerprint density at radius 3 is 2.74 bits per heavy atom. The zero-order valence-corrected chi connectivity index (χ0v) is 14.1. The highest BCUT2D eigenvalue weighted by Gasteiger charge is 2.15. The van der Waals surface area contributed by atoms with Crippen molar-refractivity contribution in [3.05, 3.63) is 52.2 Å². The zero-order chi connectivity index (χ0) is 16.8. The first-order chi connectivity index (χ1) is 10.8. The van der Waals surface area contributed by atoms with Gasteiger partial charge in [0.15, 0.2) is 0 Å². The van der Waals surface area contributed by atoms with Gasteiger partial charge in [-0.15, -0.1) is 0 Å². The van der Waals surface area contributed by atoms with E-state index in [2.05, 4.69) is 5.10 Å². The summed E-state index contributed by atoms with van der Waals surface area (Å²) in [7, 11) is -1.90.